The fraction of sp³-hybridized carbons (Fsp3) is 0.0500. The Labute approximate surface area is 144 Å². The molecule has 0 unspecified atom stereocenters. The first kappa shape index (κ1) is 15.1. The first-order valence-corrected chi connectivity index (χ1v) is 7.90. The fourth-order valence-electron chi connectivity index (χ4n) is 2.41. The van der Waals surface area contributed by atoms with Crippen molar-refractivity contribution in [2.45, 2.75) is 6.61 Å². The predicted octanol–water partition coefficient (Wildman–Crippen LogP) is 4.38. The van der Waals surface area contributed by atoms with Gasteiger partial charge in [-0.15, -0.1) is 0 Å². The molecule has 5 heteroatoms. The molecule has 0 aliphatic carbocycles. The summed E-state index contributed by atoms with van der Waals surface area (Å²) >= 11 is 0. The molecule has 4 aromatic rings. The van der Waals surface area contributed by atoms with Crippen LogP contribution >= 0.6 is 0 Å². The van der Waals surface area contributed by atoms with Gasteiger partial charge in [0.05, 0.1) is 0 Å². The summed E-state index contributed by atoms with van der Waals surface area (Å²) in [5.74, 6) is 1.71. The van der Waals surface area contributed by atoms with E-state index >= 15 is 0 Å². The lowest BCUT2D eigenvalue weighted by molar-refractivity contribution is 0.306. The minimum absolute atomic E-state index is 0.448. The van der Waals surface area contributed by atoms with E-state index in [0.29, 0.717) is 18.3 Å². The van der Waals surface area contributed by atoms with Crippen LogP contribution in [0.2, 0.25) is 0 Å². The molecular formula is C20H15N3O2. The van der Waals surface area contributed by atoms with Gasteiger partial charge in [-0.05, 0) is 35.9 Å². The van der Waals surface area contributed by atoms with Crippen molar-refractivity contribution in [2.75, 3.05) is 0 Å². The molecule has 5 nitrogen and oxygen atoms in total. The third-order valence-electron chi connectivity index (χ3n) is 3.68. The molecule has 0 saturated heterocycles. The average Bonchev–Trinajstić information content (AvgIpc) is 3.18. The lowest BCUT2D eigenvalue weighted by Gasteiger charge is -2.06. The molecule has 0 radical (unpaired) electrons. The van der Waals surface area contributed by atoms with Crippen molar-refractivity contribution in [3.63, 3.8) is 0 Å². The second-order valence-electron chi connectivity index (χ2n) is 5.47. The highest BCUT2D eigenvalue weighted by Gasteiger charge is 2.11. The first-order chi connectivity index (χ1) is 12.4. The van der Waals surface area contributed by atoms with Gasteiger partial charge < -0.3 is 9.26 Å². The van der Waals surface area contributed by atoms with Crippen LogP contribution in [0, 0.1) is 0 Å². The largest absolute Gasteiger partial charge is 0.489 e. The molecule has 2 aromatic carbocycles. The summed E-state index contributed by atoms with van der Waals surface area (Å²) in [4.78, 5) is 8.51. The number of nitrogens with zero attached hydrogens (tertiary/aromatic N) is 3. The van der Waals surface area contributed by atoms with Crippen molar-refractivity contribution in [1.82, 2.24) is 15.1 Å². The van der Waals surface area contributed by atoms with E-state index in [1.165, 1.54) is 0 Å². The zero-order valence-corrected chi connectivity index (χ0v) is 13.4. The van der Waals surface area contributed by atoms with Crippen molar-refractivity contribution in [1.29, 1.82) is 0 Å². The molecule has 0 aliphatic heterocycles. The molecule has 0 atom stereocenters. The summed E-state index contributed by atoms with van der Waals surface area (Å²) in [6.07, 6.45) is 3.41. The molecule has 0 N–H and O–H groups in total. The van der Waals surface area contributed by atoms with Crippen LogP contribution in [0.3, 0.4) is 0 Å². The van der Waals surface area contributed by atoms with Crippen molar-refractivity contribution in [2.24, 2.45) is 0 Å². The zero-order chi connectivity index (χ0) is 16.9. The Morgan fingerprint density at radius 3 is 2.60 bits per heavy atom. The van der Waals surface area contributed by atoms with Gasteiger partial charge in [0.15, 0.2) is 0 Å². The summed E-state index contributed by atoms with van der Waals surface area (Å²) in [5, 5.41) is 4.02. The van der Waals surface area contributed by atoms with Crippen molar-refractivity contribution in [3.05, 3.63) is 84.7 Å². The van der Waals surface area contributed by atoms with E-state index in [2.05, 4.69) is 15.1 Å². The molecule has 0 aliphatic rings. The van der Waals surface area contributed by atoms with Crippen LogP contribution in [0.25, 0.3) is 22.8 Å². The number of hydrogen-bond acceptors (Lipinski definition) is 5. The van der Waals surface area contributed by atoms with Gasteiger partial charge in [-0.1, -0.05) is 41.6 Å². The van der Waals surface area contributed by atoms with Crippen LogP contribution in [0.4, 0.5) is 0 Å². The SMILES string of the molecule is c1ccc(COc2cccc(-c3nc(-c4cccnc4)no3)c2)cc1. The number of aromatic nitrogens is 3. The molecule has 0 spiro atoms. The van der Waals surface area contributed by atoms with E-state index in [-0.39, 0.29) is 0 Å². The van der Waals surface area contributed by atoms with Crippen LogP contribution in [0.1, 0.15) is 5.56 Å². The number of rotatable bonds is 5. The maximum Gasteiger partial charge on any atom is 0.258 e. The van der Waals surface area contributed by atoms with E-state index in [4.69, 9.17) is 9.26 Å². The van der Waals surface area contributed by atoms with Crippen LogP contribution in [-0.4, -0.2) is 15.1 Å². The lowest BCUT2D eigenvalue weighted by Crippen LogP contribution is -1.95. The highest BCUT2D eigenvalue weighted by molar-refractivity contribution is 5.60. The second-order valence-corrected chi connectivity index (χ2v) is 5.47. The molecule has 0 fully saturated rings. The van der Waals surface area contributed by atoms with E-state index in [1.54, 1.807) is 12.4 Å². The quantitative estimate of drug-likeness (QED) is 0.544. The molecule has 0 bridgehead atoms. The third kappa shape index (κ3) is 3.55. The minimum Gasteiger partial charge on any atom is -0.489 e. The summed E-state index contributed by atoms with van der Waals surface area (Å²) in [6.45, 7) is 0.509. The fourth-order valence-corrected chi connectivity index (χ4v) is 2.41. The van der Waals surface area contributed by atoms with E-state index in [9.17, 15) is 0 Å². The van der Waals surface area contributed by atoms with Gasteiger partial charge >= 0.3 is 0 Å². The number of pyridine rings is 1. The Hall–Kier alpha value is -3.47. The van der Waals surface area contributed by atoms with Crippen LogP contribution < -0.4 is 4.74 Å². The molecule has 2 aromatic heterocycles. The normalized spacial score (nSPS) is 10.6. The van der Waals surface area contributed by atoms with Gasteiger partial charge in [-0.25, -0.2) is 0 Å². The summed E-state index contributed by atoms with van der Waals surface area (Å²) in [7, 11) is 0. The Morgan fingerprint density at radius 2 is 1.76 bits per heavy atom. The predicted molar refractivity (Wildman–Crippen MR) is 93.7 cm³/mol. The van der Waals surface area contributed by atoms with Crippen LogP contribution in [-0.2, 0) is 6.61 Å². The summed E-state index contributed by atoms with van der Waals surface area (Å²) in [6, 6.07) is 21.4. The zero-order valence-electron chi connectivity index (χ0n) is 13.4. The highest BCUT2D eigenvalue weighted by atomic mass is 16.5. The van der Waals surface area contributed by atoms with E-state index in [0.717, 1.165) is 22.4 Å². The van der Waals surface area contributed by atoms with Gasteiger partial charge in [0.25, 0.3) is 5.89 Å². The Morgan fingerprint density at radius 1 is 0.880 bits per heavy atom. The molecule has 25 heavy (non-hydrogen) atoms. The van der Waals surface area contributed by atoms with Gasteiger partial charge in [-0.2, -0.15) is 4.98 Å². The summed E-state index contributed by atoms with van der Waals surface area (Å²) in [5.41, 5.74) is 2.74. The minimum atomic E-state index is 0.448. The van der Waals surface area contributed by atoms with E-state index < -0.39 is 0 Å². The summed E-state index contributed by atoms with van der Waals surface area (Å²) < 4.78 is 11.2. The number of benzene rings is 2. The third-order valence-corrected chi connectivity index (χ3v) is 3.68. The van der Waals surface area contributed by atoms with Crippen LogP contribution in [0.5, 0.6) is 5.75 Å². The topological polar surface area (TPSA) is 61.0 Å². The van der Waals surface area contributed by atoms with Crippen molar-refractivity contribution < 1.29 is 9.26 Å². The van der Waals surface area contributed by atoms with Gasteiger partial charge in [0.1, 0.15) is 12.4 Å². The van der Waals surface area contributed by atoms with Crippen LogP contribution in [0.15, 0.2) is 83.6 Å². The molecule has 122 valence electrons. The van der Waals surface area contributed by atoms with E-state index in [1.807, 2.05) is 66.7 Å². The Bertz CT molecular complexity index is 953. The number of hydrogen-bond donors (Lipinski definition) is 0. The van der Waals surface area contributed by atoms with Crippen molar-refractivity contribution >= 4 is 0 Å². The van der Waals surface area contributed by atoms with Crippen molar-refractivity contribution in [3.8, 4) is 28.6 Å². The van der Waals surface area contributed by atoms with Gasteiger partial charge in [0.2, 0.25) is 5.82 Å². The standard InChI is InChI=1S/C20H15N3O2/c1-2-6-15(7-3-1)14-24-18-10-4-8-16(12-18)20-22-19(23-25-20)17-9-5-11-21-13-17/h1-13H,14H2. The highest BCUT2D eigenvalue weighted by Crippen LogP contribution is 2.25. The lowest BCUT2D eigenvalue weighted by atomic mass is 10.2. The average molecular weight is 329 g/mol. The Balaban J connectivity index is 1.52. The monoisotopic (exact) mass is 329 g/mol. The maximum absolute atomic E-state index is 5.85. The van der Waals surface area contributed by atoms with Gasteiger partial charge in [-0.3, -0.25) is 4.98 Å². The molecule has 4 rings (SSSR count). The second kappa shape index (κ2) is 6.97. The molecule has 0 amide bonds. The Kier molecular flexibility index (Phi) is 4.20. The first-order valence-electron chi connectivity index (χ1n) is 7.90. The smallest absolute Gasteiger partial charge is 0.258 e. The molecule has 2 heterocycles. The number of ether oxygens (including phenoxy) is 1. The molecule has 0 saturated carbocycles. The molecular weight excluding hydrogens is 314 g/mol. The maximum atomic E-state index is 5.85. The van der Waals surface area contributed by atoms with Gasteiger partial charge in [0, 0.05) is 23.5 Å².